The van der Waals surface area contributed by atoms with Crippen LogP contribution < -0.4 is 0 Å². The molecule has 2 heteroatoms. The predicted molar refractivity (Wildman–Crippen MR) is 76.2 cm³/mol. The summed E-state index contributed by atoms with van der Waals surface area (Å²) in [5.41, 5.74) is 3.26. The molecule has 2 aromatic rings. The van der Waals surface area contributed by atoms with Crippen molar-refractivity contribution in [2.75, 3.05) is 0 Å². The summed E-state index contributed by atoms with van der Waals surface area (Å²) in [6.07, 6.45) is 1.96. The monoisotopic (exact) mass is 243 g/mol. The summed E-state index contributed by atoms with van der Waals surface area (Å²) in [4.78, 5) is 12.2. The number of carbonyl (C=O) groups excluding carboxylic acids is 1. The Labute approximate surface area is 109 Å². The average Bonchev–Trinajstić information content (AvgIpc) is 2.65. The number of hydrogen-bond acceptors (Lipinski definition) is 1. The van der Waals surface area contributed by atoms with Gasteiger partial charge in [-0.1, -0.05) is 33.8 Å². The summed E-state index contributed by atoms with van der Waals surface area (Å²) in [5.74, 6) is 0.747. The SMILES string of the molecule is CC(C)C(=O)c1cn(C)c2ccc(C(C)C)cc12. The Morgan fingerprint density at radius 3 is 2.39 bits per heavy atom. The lowest BCUT2D eigenvalue weighted by Gasteiger charge is -2.07. The molecule has 0 amide bonds. The van der Waals surface area contributed by atoms with Crippen LogP contribution in [-0.2, 0) is 7.05 Å². The van der Waals surface area contributed by atoms with Crippen LogP contribution in [0.25, 0.3) is 10.9 Å². The molecule has 2 rings (SSSR count). The second-order valence-electron chi connectivity index (χ2n) is 5.60. The van der Waals surface area contributed by atoms with Crippen LogP contribution in [0.2, 0.25) is 0 Å². The first-order valence-electron chi connectivity index (χ1n) is 6.55. The zero-order chi connectivity index (χ0) is 13.4. The highest BCUT2D eigenvalue weighted by Crippen LogP contribution is 2.27. The Balaban J connectivity index is 2.67. The van der Waals surface area contributed by atoms with E-state index in [0.29, 0.717) is 5.92 Å². The van der Waals surface area contributed by atoms with Gasteiger partial charge in [-0.3, -0.25) is 4.79 Å². The van der Waals surface area contributed by atoms with E-state index in [9.17, 15) is 4.79 Å². The first kappa shape index (κ1) is 12.9. The van der Waals surface area contributed by atoms with Crippen LogP contribution in [0.4, 0.5) is 0 Å². The van der Waals surface area contributed by atoms with Crippen molar-refractivity contribution in [3.8, 4) is 0 Å². The number of rotatable bonds is 3. The first-order chi connectivity index (χ1) is 8.41. The van der Waals surface area contributed by atoms with Crippen molar-refractivity contribution in [2.24, 2.45) is 13.0 Å². The third-order valence-corrected chi connectivity index (χ3v) is 3.47. The Morgan fingerprint density at radius 2 is 1.83 bits per heavy atom. The fourth-order valence-electron chi connectivity index (χ4n) is 2.28. The minimum Gasteiger partial charge on any atom is -0.350 e. The van der Waals surface area contributed by atoms with Crippen LogP contribution in [0.15, 0.2) is 24.4 Å². The van der Waals surface area contributed by atoms with Crippen LogP contribution in [0, 0.1) is 5.92 Å². The summed E-state index contributed by atoms with van der Waals surface area (Å²) in [7, 11) is 1.99. The molecule has 0 saturated heterocycles. The predicted octanol–water partition coefficient (Wildman–Crippen LogP) is 4.14. The lowest BCUT2D eigenvalue weighted by atomic mass is 9.97. The first-order valence-corrected chi connectivity index (χ1v) is 6.55. The molecule has 18 heavy (non-hydrogen) atoms. The van der Waals surface area contributed by atoms with Crippen molar-refractivity contribution in [3.05, 3.63) is 35.5 Å². The molecule has 0 radical (unpaired) electrons. The van der Waals surface area contributed by atoms with Crippen molar-refractivity contribution < 1.29 is 4.79 Å². The Bertz CT molecular complexity index is 590. The Hall–Kier alpha value is -1.57. The zero-order valence-corrected chi connectivity index (χ0v) is 11.8. The van der Waals surface area contributed by atoms with E-state index in [-0.39, 0.29) is 11.7 Å². The van der Waals surface area contributed by atoms with Crippen molar-refractivity contribution in [2.45, 2.75) is 33.6 Å². The van der Waals surface area contributed by atoms with Gasteiger partial charge < -0.3 is 4.57 Å². The highest BCUT2D eigenvalue weighted by molar-refractivity contribution is 6.09. The second kappa shape index (κ2) is 4.60. The van der Waals surface area contributed by atoms with Gasteiger partial charge in [0.25, 0.3) is 0 Å². The lowest BCUT2D eigenvalue weighted by Crippen LogP contribution is -2.06. The zero-order valence-electron chi connectivity index (χ0n) is 11.8. The largest absolute Gasteiger partial charge is 0.350 e. The molecule has 0 saturated carbocycles. The fourth-order valence-corrected chi connectivity index (χ4v) is 2.28. The van der Waals surface area contributed by atoms with Gasteiger partial charge in [0.05, 0.1) is 0 Å². The summed E-state index contributed by atoms with van der Waals surface area (Å²) in [5, 5.41) is 1.09. The Kier molecular flexibility index (Phi) is 3.29. The molecule has 0 bridgehead atoms. The highest BCUT2D eigenvalue weighted by atomic mass is 16.1. The van der Waals surface area contributed by atoms with E-state index in [0.717, 1.165) is 16.5 Å². The molecule has 0 aliphatic heterocycles. The molecular formula is C16H21NO. The summed E-state index contributed by atoms with van der Waals surface area (Å²) in [6, 6.07) is 6.42. The summed E-state index contributed by atoms with van der Waals surface area (Å²) < 4.78 is 2.04. The molecule has 0 N–H and O–H groups in total. The maximum atomic E-state index is 12.2. The molecule has 1 aromatic carbocycles. The highest BCUT2D eigenvalue weighted by Gasteiger charge is 2.17. The molecule has 0 aliphatic rings. The third kappa shape index (κ3) is 2.07. The minimum atomic E-state index is 0.0401. The smallest absolute Gasteiger partial charge is 0.167 e. The number of carbonyl (C=O) groups is 1. The van der Waals surface area contributed by atoms with Gasteiger partial charge in [0, 0.05) is 35.6 Å². The molecule has 2 nitrogen and oxygen atoms in total. The van der Waals surface area contributed by atoms with Crippen LogP contribution in [0.5, 0.6) is 0 Å². The number of nitrogens with zero attached hydrogens (tertiary/aromatic N) is 1. The fraction of sp³-hybridized carbons (Fsp3) is 0.438. The van der Waals surface area contributed by atoms with E-state index in [1.54, 1.807) is 0 Å². The van der Waals surface area contributed by atoms with Gasteiger partial charge in [-0.25, -0.2) is 0 Å². The van der Waals surface area contributed by atoms with E-state index in [2.05, 4.69) is 32.0 Å². The molecular weight excluding hydrogens is 222 g/mol. The number of aromatic nitrogens is 1. The quantitative estimate of drug-likeness (QED) is 0.743. The Morgan fingerprint density at radius 1 is 1.17 bits per heavy atom. The number of Topliss-reactive ketones (excluding diaryl/α,β-unsaturated/α-hetero) is 1. The van der Waals surface area contributed by atoms with Crippen LogP contribution in [-0.4, -0.2) is 10.4 Å². The normalized spacial score (nSPS) is 11.7. The molecule has 0 fully saturated rings. The summed E-state index contributed by atoms with van der Waals surface area (Å²) in [6.45, 7) is 8.25. The number of ketones is 1. The maximum absolute atomic E-state index is 12.2. The number of hydrogen-bond donors (Lipinski definition) is 0. The van der Waals surface area contributed by atoms with E-state index in [1.165, 1.54) is 5.56 Å². The standard InChI is InChI=1S/C16H21NO/c1-10(2)12-6-7-15-13(8-12)14(9-17(15)5)16(18)11(3)4/h6-11H,1-5H3. The van der Waals surface area contributed by atoms with E-state index >= 15 is 0 Å². The van der Waals surface area contributed by atoms with E-state index in [1.807, 2.05) is 31.7 Å². The number of aryl methyl sites for hydroxylation is 1. The van der Waals surface area contributed by atoms with Gasteiger partial charge in [0.2, 0.25) is 0 Å². The van der Waals surface area contributed by atoms with E-state index in [4.69, 9.17) is 0 Å². The topological polar surface area (TPSA) is 22.0 Å². The van der Waals surface area contributed by atoms with Crippen molar-refractivity contribution >= 4 is 16.7 Å². The van der Waals surface area contributed by atoms with Gasteiger partial charge in [-0.15, -0.1) is 0 Å². The van der Waals surface area contributed by atoms with Crippen molar-refractivity contribution in [1.29, 1.82) is 0 Å². The molecule has 1 heterocycles. The summed E-state index contributed by atoms with van der Waals surface area (Å²) >= 11 is 0. The van der Waals surface area contributed by atoms with Gasteiger partial charge >= 0.3 is 0 Å². The third-order valence-electron chi connectivity index (χ3n) is 3.47. The minimum absolute atomic E-state index is 0.0401. The van der Waals surface area contributed by atoms with Gasteiger partial charge in [0.15, 0.2) is 5.78 Å². The van der Waals surface area contributed by atoms with Crippen molar-refractivity contribution in [1.82, 2.24) is 4.57 Å². The molecule has 0 aliphatic carbocycles. The second-order valence-corrected chi connectivity index (χ2v) is 5.60. The molecule has 96 valence electrons. The molecule has 0 atom stereocenters. The number of fused-ring (bicyclic) bond motifs is 1. The van der Waals surface area contributed by atoms with Crippen LogP contribution in [0.3, 0.4) is 0 Å². The number of benzene rings is 1. The van der Waals surface area contributed by atoms with Crippen LogP contribution >= 0.6 is 0 Å². The van der Waals surface area contributed by atoms with E-state index < -0.39 is 0 Å². The molecule has 1 aromatic heterocycles. The maximum Gasteiger partial charge on any atom is 0.167 e. The van der Waals surface area contributed by atoms with Gasteiger partial charge in [-0.05, 0) is 23.6 Å². The van der Waals surface area contributed by atoms with Gasteiger partial charge in [-0.2, -0.15) is 0 Å². The molecule has 0 spiro atoms. The lowest BCUT2D eigenvalue weighted by molar-refractivity contribution is 0.0941. The van der Waals surface area contributed by atoms with Gasteiger partial charge in [0.1, 0.15) is 0 Å². The average molecular weight is 243 g/mol. The van der Waals surface area contributed by atoms with Crippen molar-refractivity contribution in [3.63, 3.8) is 0 Å². The van der Waals surface area contributed by atoms with Crippen LogP contribution in [0.1, 0.15) is 49.5 Å². The molecule has 0 unspecified atom stereocenters.